The Kier molecular flexibility index (Phi) is 2.76. The van der Waals surface area contributed by atoms with Crippen LogP contribution in [0.5, 0.6) is 0 Å². The molecule has 0 bridgehead atoms. The van der Waals surface area contributed by atoms with Crippen molar-refractivity contribution in [1.82, 2.24) is 19.5 Å². The highest BCUT2D eigenvalue weighted by molar-refractivity contribution is 6.28. The Morgan fingerprint density at radius 2 is 2.18 bits per heavy atom. The van der Waals surface area contributed by atoms with E-state index in [9.17, 15) is 9.50 Å². The molecule has 1 atom stereocenters. The number of aryl methyl sites for hydroxylation is 1. The van der Waals surface area contributed by atoms with Crippen molar-refractivity contribution >= 4 is 22.6 Å². The van der Waals surface area contributed by atoms with Crippen LogP contribution in [0.4, 0.5) is 4.39 Å². The molecule has 0 fully saturated rings. The van der Waals surface area contributed by atoms with Gasteiger partial charge in [-0.2, -0.15) is 4.98 Å². The lowest BCUT2D eigenvalue weighted by Gasteiger charge is -2.17. The first-order valence-electron chi connectivity index (χ1n) is 6.88. The number of pyridine rings is 1. The Labute approximate surface area is 130 Å². The van der Waals surface area contributed by atoms with Gasteiger partial charge in [0.15, 0.2) is 11.5 Å². The smallest absolute Gasteiger partial charge is 0.224 e. The highest BCUT2D eigenvalue weighted by atomic mass is 35.5. The first-order valence-corrected chi connectivity index (χ1v) is 7.26. The maximum Gasteiger partial charge on any atom is 0.224 e. The summed E-state index contributed by atoms with van der Waals surface area (Å²) in [6, 6.07) is 3.70. The molecule has 5 nitrogen and oxygen atoms in total. The lowest BCUT2D eigenvalue weighted by atomic mass is 10.0. The topological polar surface area (TPSA) is 63.8 Å². The first-order chi connectivity index (χ1) is 10.5. The molecule has 0 unspecified atom stereocenters. The van der Waals surface area contributed by atoms with Crippen LogP contribution in [0.1, 0.15) is 24.6 Å². The van der Waals surface area contributed by atoms with E-state index < -0.39 is 11.4 Å². The Bertz CT molecular complexity index is 906. The maximum atomic E-state index is 14.0. The van der Waals surface area contributed by atoms with Crippen molar-refractivity contribution in [3.63, 3.8) is 0 Å². The van der Waals surface area contributed by atoms with Gasteiger partial charge in [-0.1, -0.05) is 6.07 Å². The molecule has 1 aliphatic carbocycles. The third-order valence-corrected chi connectivity index (χ3v) is 4.25. The zero-order chi connectivity index (χ0) is 15.5. The predicted octanol–water partition coefficient (Wildman–Crippen LogP) is 2.76. The van der Waals surface area contributed by atoms with Crippen LogP contribution < -0.4 is 0 Å². The van der Waals surface area contributed by atoms with E-state index in [-0.39, 0.29) is 10.7 Å². The van der Waals surface area contributed by atoms with Crippen LogP contribution in [0, 0.1) is 5.82 Å². The molecule has 0 spiro atoms. The number of aromatic nitrogens is 4. The minimum absolute atomic E-state index is 0.0417. The van der Waals surface area contributed by atoms with Crippen LogP contribution in [0.2, 0.25) is 5.28 Å². The summed E-state index contributed by atoms with van der Waals surface area (Å²) >= 11 is 5.81. The van der Waals surface area contributed by atoms with Gasteiger partial charge in [0.05, 0.1) is 11.1 Å². The van der Waals surface area contributed by atoms with E-state index in [1.807, 2.05) is 6.07 Å². The highest BCUT2D eigenvalue weighted by Gasteiger charge is 2.34. The molecule has 3 aromatic heterocycles. The van der Waals surface area contributed by atoms with E-state index >= 15 is 0 Å². The quantitative estimate of drug-likeness (QED) is 0.701. The Balaban J connectivity index is 1.95. The fourth-order valence-electron chi connectivity index (χ4n) is 2.90. The number of nitrogens with zero attached hydrogens (tertiary/aromatic N) is 4. The molecule has 0 aromatic carbocycles. The van der Waals surface area contributed by atoms with Gasteiger partial charge in [-0.05, 0) is 43.0 Å². The van der Waals surface area contributed by atoms with Crippen molar-refractivity contribution in [2.75, 3.05) is 0 Å². The zero-order valence-electron chi connectivity index (χ0n) is 11.7. The van der Waals surface area contributed by atoms with Gasteiger partial charge in [-0.15, -0.1) is 0 Å². The molecule has 0 saturated carbocycles. The average molecular weight is 319 g/mol. The Hall–Kier alpha value is -2.05. The van der Waals surface area contributed by atoms with Crippen LogP contribution in [0.15, 0.2) is 24.5 Å². The summed E-state index contributed by atoms with van der Waals surface area (Å²) in [7, 11) is 0. The van der Waals surface area contributed by atoms with E-state index in [2.05, 4.69) is 15.0 Å². The van der Waals surface area contributed by atoms with Crippen LogP contribution in [0.3, 0.4) is 0 Å². The van der Waals surface area contributed by atoms with E-state index in [1.165, 1.54) is 17.0 Å². The summed E-state index contributed by atoms with van der Waals surface area (Å²) in [6.45, 7) is 1.74. The molecular formula is C15H12ClFN4O. The van der Waals surface area contributed by atoms with Gasteiger partial charge >= 0.3 is 0 Å². The summed E-state index contributed by atoms with van der Waals surface area (Å²) in [4.78, 5) is 12.4. The SMILES string of the molecule is C[C@@]1(O)CCc2ccc(-n3cc(F)c4cnc(Cl)nc43)nc21. The third kappa shape index (κ3) is 1.91. The van der Waals surface area contributed by atoms with Crippen LogP contribution in [0.25, 0.3) is 16.9 Å². The largest absolute Gasteiger partial charge is 0.384 e. The van der Waals surface area contributed by atoms with Crippen molar-refractivity contribution < 1.29 is 9.50 Å². The molecule has 0 saturated heterocycles. The van der Waals surface area contributed by atoms with Gasteiger partial charge in [-0.3, -0.25) is 4.57 Å². The number of rotatable bonds is 1. The number of fused-ring (bicyclic) bond motifs is 2. The van der Waals surface area contributed by atoms with Gasteiger partial charge in [0.25, 0.3) is 0 Å². The molecule has 22 heavy (non-hydrogen) atoms. The van der Waals surface area contributed by atoms with E-state index in [0.717, 1.165) is 12.0 Å². The van der Waals surface area contributed by atoms with Gasteiger partial charge in [-0.25, -0.2) is 14.4 Å². The fourth-order valence-corrected chi connectivity index (χ4v) is 3.03. The summed E-state index contributed by atoms with van der Waals surface area (Å²) in [5.41, 5.74) is 1.03. The Morgan fingerprint density at radius 3 is 3.00 bits per heavy atom. The van der Waals surface area contributed by atoms with Crippen molar-refractivity contribution in [3.05, 3.63) is 46.9 Å². The molecule has 1 N–H and O–H groups in total. The lowest BCUT2D eigenvalue weighted by molar-refractivity contribution is 0.0553. The van der Waals surface area contributed by atoms with Crippen molar-refractivity contribution in [2.45, 2.75) is 25.4 Å². The number of aliphatic hydroxyl groups is 1. The van der Waals surface area contributed by atoms with Crippen molar-refractivity contribution in [1.29, 1.82) is 0 Å². The van der Waals surface area contributed by atoms with Crippen molar-refractivity contribution in [2.24, 2.45) is 0 Å². The van der Waals surface area contributed by atoms with Crippen molar-refractivity contribution in [3.8, 4) is 5.82 Å². The third-order valence-electron chi connectivity index (χ3n) is 4.07. The minimum Gasteiger partial charge on any atom is -0.384 e. The number of hydrogen-bond acceptors (Lipinski definition) is 4. The lowest BCUT2D eigenvalue weighted by Crippen LogP contribution is -2.19. The van der Waals surface area contributed by atoms with Gasteiger partial charge in [0.1, 0.15) is 11.4 Å². The second kappa shape index (κ2) is 4.47. The normalized spacial score (nSPS) is 20.5. The fraction of sp³-hybridized carbons (Fsp3) is 0.267. The summed E-state index contributed by atoms with van der Waals surface area (Å²) in [5, 5.41) is 10.7. The average Bonchev–Trinajstić information content (AvgIpc) is 2.97. The monoisotopic (exact) mass is 318 g/mol. The molecule has 112 valence electrons. The highest BCUT2D eigenvalue weighted by Crippen LogP contribution is 2.35. The summed E-state index contributed by atoms with van der Waals surface area (Å²) < 4.78 is 15.5. The summed E-state index contributed by atoms with van der Waals surface area (Å²) in [6.07, 6.45) is 4.06. The van der Waals surface area contributed by atoms with Crippen LogP contribution >= 0.6 is 11.6 Å². The van der Waals surface area contributed by atoms with Crippen LogP contribution in [-0.4, -0.2) is 24.6 Å². The second-order valence-corrected chi connectivity index (χ2v) is 6.01. The van der Waals surface area contributed by atoms with Crippen LogP contribution in [-0.2, 0) is 12.0 Å². The molecule has 1 aliphatic rings. The molecule has 3 aromatic rings. The zero-order valence-corrected chi connectivity index (χ0v) is 12.5. The van der Waals surface area contributed by atoms with Gasteiger partial charge in [0.2, 0.25) is 5.28 Å². The standard InChI is InChI=1S/C15H12ClFN4O/c1-15(22)5-4-8-2-3-11(19-12(8)15)21-7-10(17)9-6-18-14(16)20-13(9)21/h2-3,6-7,22H,4-5H2,1H3/t15-/m1/s1. The minimum atomic E-state index is -0.959. The molecule has 0 aliphatic heterocycles. The molecule has 7 heteroatoms. The second-order valence-electron chi connectivity index (χ2n) is 5.67. The summed E-state index contributed by atoms with van der Waals surface area (Å²) in [5.74, 6) is 0.0466. The maximum absolute atomic E-state index is 14.0. The van der Waals surface area contributed by atoms with E-state index in [4.69, 9.17) is 11.6 Å². The van der Waals surface area contributed by atoms with Gasteiger partial charge < -0.3 is 5.11 Å². The molecule has 3 heterocycles. The predicted molar refractivity (Wildman–Crippen MR) is 79.5 cm³/mol. The first kappa shape index (κ1) is 13.6. The van der Waals surface area contributed by atoms with E-state index in [0.29, 0.717) is 23.6 Å². The molecule has 0 amide bonds. The molecular weight excluding hydrogens is 307 g/mol. The number of hydrogen-bond donors (Lipinski definition) is 1. The Morgan fingerprint density at radius 1 is 1.36 bits per heavy atom. The molecule has 0 radical (unpaired) electrons. The number of halogens is 2. The van der Waals surface area contributed by atoms with E-state index in [1.54, 1.807) is 13.0 Å². The molecule has 4 rings (SSSR count). The van der Waals surface area contributed by atoms with Gasteiger partial charge in [0, 0.05) is 12.4 Å².